The van der Waals surface area contributed by atoms with Crippen molar-refractivity contribution in [2.45, 2.75) is 57.5 Å². The van der Waals surface area contributed by atoms with Crippen molar-refractivity contribution in [2.24, 2.45) is 0 Å². The molecule has 0 aromatic heterocycles. The molecule has 3 aromatic rings. The topological polar surface area (TPSA) is 115 Å². The lowest BCUT2D eigenvalue weighted by molar-refractivity contribution is -0.137. The number of aliphatic hydroxyl groups excluding tert-OH is 2. The van der Waals surface area contributed by atoms with Crippen LogP contribution in [-0.4, -0.2) is 59.4 Å². The van der Waals surface area contributed by atoms with E-state index in [9.17, 15) is 15.0 Å². The lowest BCUT2D eigenvalue weighted by atomic mass is 9.94. The molecule has 2 heterocycles. The number of ether oxygens (including phenoxy) is 4. The predicted octanol–water partition coefficient (Wildman–Crippen LogP) is 4.39. The first-order chi connectivity index (χ1) is 18.8. The Balaban J connectivity index is 1.23. The average molecular weight is 535 g/mol. The number of rotatable bonds is 9. The minimum atomic E-state index is -0.841. The molecule has 5 rings (SSSR count). The molecule has 3 N–H and O–H groups in total. The first-order valence-corrected chi connectivity index (χ1v) is 13.2. The van der Waals surface area contributed by atoms with Gasteiger partial charge in [0.05, 0.1) is 31.8 Å². The van der Waals surface area contributed by atoms with Crippen LogP contribution >= 0.6 is 0 Å². The molecule has 39 heavy (non-hydrogen) atoms. The number of carbonyl (C=O) groups is 1. The molecule has 1 unspecified atom stereocenters. The predicted molar refractivity (Wildman–Crippen MR) is 144 cm³/mol. The van der Waals surface area contributed by atoms with Gasteiger partial charge < -0.3 is 34.3 Å². The van der Waals surface area contributed by atoms with Gasteiger partial charge in [0.25, 0.3) is 0 Å². The molecular weight excluding hydrogens is 500 g/mol. The van der Waals surface area contributed by atoms with Crippen LogP contribution in [0.4, 0.5) is 0 Å². The van der Waals surface area contributed by atoms with Gasteiger partial charge in [-0.1, -0.05) is 24.3 Å². The lowest BCUT2D eigenvalue weighted by Crippen LogP contribution is -2.43. The normalized spacial score (nSPS) is 22.2. The highest BCUT2D eigenvalue weighted by Crippen LogP contribution is 2.38. The van der Waals surface area contributed by atoms with Gasteiger partial charge in [-0.2, -0.15) is 0 Å². The zero-order chi connectivity index (χ0) is 27.5. The van der Waals surface area contributed by atoms with E-state index in [4.69, 9.17) is 24.1 Å². The van der Waals surface area contributed by atoms with Gasteiger partial charge in [0.1, 0.15) is 36.6 Å². The number of benzene rings is 3. The van der Waals surface area contributed by atoms with Crippen LogP contribution in [0.2, 0.25) is 0 Å². The first-order valence-electron chi connectivity index (χ1n) is 13.2. The van der Waals surface area contributed by atoms with Crippen LogP contribution in [0.3, 0.4) is 0 Å². The Morgan fingerprint density at radius 1 is 0.949 bits per heavy atom. The minimum absolute atomic E-state index is 0.0516. The van der Waals surface area contributed by atoms with E-state index in [1.807, 2.05) is 42.5 Å². The largest absolute Gasteiger partial charge is 0.492 e. The van der Waals surface area contributed by atoms with Crippen LogP contribution in [0.1, 0.15) is 41.0 Å². The van der Waals surface area contributed by atoms with Crippen LogP contribution < -0.4 is 14.2 Å². The molecule has 0 radical (unpaired) electrons. The molecule has 1 saturated heterocycles. The maximum atomic E-state index is 11.1. The van der Waals surface area contributed by atoms with E-state index in [0.717, 1.165) is 39.1 Å². The first kappa shape index (κ1) is 27.0. The van der Waals surface area contributed by atoms with Gasteiger partial charge in [-0.3, -0.25) is 4.79 Å². The maximum Gasteiger partial charge on any atom is 0.304 e. The molecule has 1 fully saturated rings. The fourth-order valence-electron chi connectivity index (χ4n) is 5.32. The minimum Gasteiger partial charge on any atom is -0.492 e. The van der Waals surface area contributed by atoms with Gasteiger partial charge in [0, 0.05) is 24.0 Å². The second-order valence-electron chi connectivity index (χ2n) is 10.4. The monoisotopic (exact) mass is 534 g/mol. The van der Waals surface area contributed by atoms with Crippen LogP contribution in [0.5, 0.6) is 17.2 Å². The fraction of sp³-hybridized carbons (Fsp3) is 0.387. The molecule has 3 aromatic carbocycles. The summed E-state index contributed by atoms with van der Waals surface area (Å²) in [5.74, 6) is 1.13. The van der Waals surface area contributed by atoms with Crippen molar-refractivity contribution >= 4 is 5.97 Å². The highest BCUT2D eigenvalue weighted by atomic mass is 16.5. The van der Waals surface area contributed by atoms with Crippen LogP contribution in [0, 0.1) is 13.8 Å². The number of hydrogen-bond donors (Lipinski definition) is 3. The summed E-state index contributed by atoms with van der Waals surface area (Å²) >= 11 is 0. The summed E-state index contributed by atoms with van der Waals surface area (Å²) in [5.41, 5.74) is 6.30. The van der Waals surface area contributed by atoms with E-state index in [1.165, 1.54) is 0 Å². The van der Waals surface area contributed by atoms with Gasteiger partial charge in [-0.05, 0) is 65.9 Å². The molecule has 206 valence electrons. The standard InChI is InChI=1S/C31H34O8/c1-18-8-24(37-16-25-12-27(32)28(33)17-38-25)9-19(2)31(18)21-5-3-4-20(10-21)14-36-23-6-7-26-22(11-30(34)35)15-39-29(26)13-23/h3-10,13,22,25,27-28,32-33H,11-12,14-17H2,1-2H3,(H,34,35)/t22?,25-,27-,28-/m1/s1. The zero-order valence-corrected chi connectivity index (χ0v) is 22.1. The number of hydrogen-bond acceptors (Lipinski definition) is 7. The molecule has 8 nitrogen and oxygen atoms in total. The van der Waals surface area contributed by atoms with Crippen molar-refractivity contribution in [2.75, 3.05) is 19.8 Å². The van der Waals surface area contributed by atoms with E-state index in [2.05, 4.69) is 26.0 Å². The van der Waals surface area contributed by atoms with Gasteiger partial charge >= 0.3 is 5.97 Å². The Kier molecular flexibility index (Phi) is 8.07. The Labute approximate surface area is 227 Å². The highest BCUT2D eigenvalue weighted by Gasteiger charge is 2.29. The van der Waals surface area contributed by atoms with Crippen molar-refractivity contribution in [3.63, 3.8) is 0 Å². The van der Waals surface area contributed by atoms with Gasteiger partial charge in [0.2, 0.25) is 0 Å². The molecule has 0 aliphatic carbocycles. The molecule has 2 aliphatic rings. The molecule has 0 spiro atoms. The van der Waals surface area contributed by atoms with Crippen LogP contribution in [0.25, 0.3) is 11.1 Å². The smallest absolute Gasteiger partial charge is 0.304 e. The van der Waals surface area contributed by atoms with E-state index in [0.29, 0.717) is 37.7 Å². The molecule has 0 bridgehead atoms. The molecule has 0 amide bonds. The van der Waals surface area contributed by atoms with Crippen molar-refractivity contribution in [3.05, 3.63) is 76.9 Å². The van der Waals surface area contributed by atoms with Crippen LogP contribution in [-0.2, 0) is 16.1 Å². The quantitative estimate of drug-likeness (QED) is 0.370. The Hall–Kier alpha value is -3.59. The number of aliphatic carboxylic acids is 1. The highest BCUT2D eigenvalue weighted by molar-refractivity contribution is 5.72. The number of carboxylic acid groups (broad SMARTS) is 1. The number of fused-ring (bicyclic) bond motifs is 1. The number of aryl methyl sites for hydroxylation is 2. The fourth-order valence-corrected chi connectivity index (χ4v) is 5.32. The van der Waals surface area contributed by atoms with E-state index in [-0.39, 0.29) is 25.0 Å². The summed E-state index contributed by atoms with van der Waals surface area (Å²) in [6.07, 6.45) is -1.50. The SMILES string of the molecule is Cc1cc(OC[C@H]2C[C@@H](O)[C@H](O)CO2)cc(C)c1-c1cccc(COc2ccc3c(c2)OCC3CC(=O)O)c1. The average Bonchev–Trinajstić information content (AvgIpc) is 3.29. The van der Waals surface area contributed by atoms with Gasteiger partial charge in [0.15, 0.2) is 0 Å². The second kappa shape index (κ2) is 11.7. The summed E-state index contributed by atoms with van der Waals surface area (Å²) in [4.78, 5) is 11.1. The zero-order valence-electron chi connectivity index (χ0n) is 22.1. The summed E-state index contributed by atoms with van der Waals surface area (Å²) in [7, 11) is 0. The molecule has 0 saturated carbocycles. The van der Waals surface area contributed by atoms with E-state index in [1.54, 1.807) is 0 Å². The van der Waals surface area contributed by atoms with Gasteiger partial charge in [-0.25, -0.2) is 0 Å². The van der Waals surface area contributed by atoms with Crippen molar-refractivity contribution < 1.29 is 39.1 Å². The summed E-state index contributed by atoms with van der Waals surface area (Å²) in [6, 6.07) is 17.8. The summed E-state index contributed by atoms with van der Waals surface area (Å²) < 4.78 is 23.3. The molecule has 2 aliphatic heterocycles. The Bertz CT molecular complexity index is 1310. The number of aliphatic hydroxyl groups is 2. The third-order valence-corrected chi connectivity index (χ3v) is 7.30. The van der Waals surface area contributed by atoms with Crippen molar-refractivity contribution in [3.8, 4) is 28.4 Å². The second-order valence-corrected chi connectivity index (χ2v) is 10.4. The van der Waals surface area contributed by atoms with Crippen molar-refractivity contribution in [1.29, 1.82) is 0 Å². The third kappa shape index (κ3) is 6.36. The third-order valence-electron chi connectivity index (χ3n) is 7.30. The Morgan fingerprint density at radius 3 is 2.49 bits per heavy atom. The molecular formula is C31H34O8. The molecule has 4 atom stereocenters. The maximum absolute atomic E-state index is 11.1. The lowest BCUT2D eigenvalue weighted by Gasteiger charge is -2.30. The summed E-state index contributed by atoms with van der Waals surface area (Å²) in [5, 5.41) is 28.6. The summed E-state index contributed by atoms with van der Waals surface area (Å²) in [6.45, 7) is 5.28. The van der Waals surface area contributed by atoms with Crippen LogP contribution in [0.15, 0.2) is 54.6 Å². The van der Waals surface area contributed by atoms with E-state index >= 15 is 0 Å². The van der Waals surface area contributed by atoms with Gasteiger partial charge in [-0.15, -0.1) is 0 Å². The van der Waals surface area contributed by atoms with E-state index < -0.39 is 18.2 Å². The Morgan fingerprint density at radius 2 is 1.74 bits per heavy atom. The number of carboxylic acids is 1. The molecule has 8 heteroatoms. The van der Waals surface area contributed by atoms with Crippen molar-refractivity contribution in [1.82, 2.24) is 0 Å².